The fourth-order valence-electron chi connectivity index (χ4n) is 3.87. The summed E-state index contributed by atoms with van der Waals surface area (Å²) in [6.07, 6.45) is 6.72. The van der Waals surface area contributed by atoms with Gasteiger partial charge in [-0.05, 0) is 62.4 Å². The first-order valence-electron chi connectivity index (χ1n) is 9.65. The molecule has 0 spiro atoms. The van der Waals surface area contributed by atoms with E-state index >= 15 is 0 Å². The highest BCUT2D eigenvalue weighted by atomic mass is 35.5. The Morgan fingerprint density at radius 3 is 2.67 bits per heavy atom. The van der Waals surface area contributed by atoms with E-state index < -0.39 is 5.97 Å². The van der Waals surface area contributed by atoms with Crippen molar-refractivity contribution >= 4 is 17.6 Å². The van der Waals surface area contributed by atoms with Crippen LogP contribution in [0.15, 0.2) is 22.7 Å². The average Bonchev–Trinajstić information content (AvgIpc) is 3.02. The van der Waals surface area contributed by atoms with E-state index in [0.29, 0.717) is 16.9 Å². The van der Waals surface area contributed by atoms with Gasteiger partial charge in [0.05, 0.1) is 10.6 Å². The van der Waals surface area contributed by atoms with Gasteiger partial charge in [-0.2, -0.15) is 4.98 Å². The second-order valence-electron chi connectivity index (χ2n) is 7.72. The van der Waals surface area contributed by atoms with Crippen molar-refractivity contribution in [3.8, 4) is 0 Å². The number of likely N-dealkylation sites (tertiary alicyclic amines) is 1. The number of carboxylic acid groups (broad SMARTS) is 1. The maximum Gasteiger partial charge on any atom is 0.337 e. The van der Waals surface area contributed by atoms with Crippen LogP contribution < -0.4 is 0 Å². The number of aromatic carboxylic acids is 1. The van der Waals surface area contributed by atoms with Gasteiger partial charge in [0.1, 0.15) is 0 Å². The molecule has 2 heterocycles. The summed E-state index contributed by atoms with van der Waals surface area (Å²) in [5.74, 6) is 1.79. The Labute approximate surface area is 163 Å². The van der Waals surface area contributed by atoms with E-state index in [1.54, 1.807) is 12.1 Å². The summed E-state index contributed by atoms with van der Waals surface area (Å²) >= 11 is 6.07. The quantitative estimate of drug-likeness (QED) is 0.799. The Hall–Kier alpha value is -1.92. The van der Waals surface area contributed by atoms with Crippen molar-refractivity contribution in [3.63, 3.8) is 0 Å². The molecule has 0 amide bonds. The normalized spacial score (nSPS) is 19.1. The van der Waals surface area contributed by atoms with Gasteiger partial charge in [-0.25, -0.2) is 4.79 Å². The molecule has 0 bridgehead atoms. The van der Waals surface area contributed by atoms with Gasteiger partial charge >= 0.3 is 5.97 Å². The maximum atomic E-state index is 11.1. The van der Waals surface area contributed by atoms with Crippen molar-refractivity contribution in [2.75, 3.05) is 13.1 Å². The lowest BCUT2D eigenvalue weighted by molar-refractivity contribution is 0.0697. The van der Waals surface area contributed by atoms with Crippen molar-refractivity contribution in [3.05, 3.63) is 46.1 Å². The van der Waals surface area contributed by atoms with Gasteiger partial charge in [0.25, 0.3) is 0 Å². The minimum absolute atomic E-state index is 0.153. The Morgan fingerprint density at radius 1 is 1.26 bits per heavy atom. The van der Waals surface area contributed by atoms with Gasteiger partial charge in [0.2, 0.25) is 5.89 Å². The molecule has 0 unspecified atom stereocenters. The molecule has 0 atom stereocenters. The number of benzene rings is 1. The summed E-state index contributed by atoms with van der Waals surface area (Å²) in [4.78, 5) is 18.0. The van der Waals surface area contributed by atoms with Gasteiger partial charge < -0.3 is 9.63 Å². The van der Waals surface area contributed by atoms with Crippen molar-refractivity contribution < 1.29 is 14.4 Å². The zero-order valence-electron chi connectivity index (χ0n) is 15.2. The van der Waals surface area contributed by atoms with Crippen LogP contribution in [0.3, 0.4) is 0 Å². The molecular weight excluding hydrogens is 366 g/mol. The van der Waals surface area contributed by atoms with Gasteiger partial charge in [0, 0.05) is 18.9 Å². The highest BCUT2D eigenvalue weighted by Gasteiger charge is 2.26. The van der Waals surface area contributed by atoms with Crippen molar-refractivity contribution in [1.82, 2.24) is 15.0 Å². The van der Waals surface area contributed by atoms with Crippen LogP contribution in [0.2, 0.25) is 5.02 Å². The van der Waals surface area contributed by atoms with Crippen LogP contribution in [-0.2, 0) is 13.0 Å². The number of carbonyl (C=O) groups is 1. The minimum Gasteiger partial charge on any atom is -0.478 e. The third-order valence-corrected chi connectivity index (χ3v) is 6.11. The predicted molar refractivity (Wildman–Crippen MR) is 101 cm³/mol. The molecule has 1 saturated carbocycles. The highest BCUT2D eigenvalue weighted by molar-refractivity contribution is 6.33. The molecule has 2 fully saturated rings. The van der Waals surface area contributed by atoms with Crippen LogP contribution in [0.25, 0.3) is 0 Å². The molecule has 27 heavy (non-hydrogen) atoms. The van der Waals surface area contributed by atoms with E-state index in [1.165, 1.54) is 19.3 Å². The van der Waals surface area contributed by atoms with E-state index in [-0.39, 0.29) is 5.56 Å². The van der Waals surface area contributed by atoms with E-state index in [0.717, 1.165) is 56.2 Å². The third kappa shape index (κ3) is 4.33. The number of piperidine rings is 1. The number of hydrogen-bond acceptors (Lipinski definition) is 5. The lowest BCUT2D eigenvalue weighted by atomic mass is 9.85. The first-order valence-corrected chi connectivity index (χ1v) is 10.0. The molecule has 1 saturated heterocycles. The fraction of sp³-hybridized carbons (Fsp3) is 0.550. The molecule has 1 aliphatic heterocycles. The number of halogens is 1. The SMILES string of the molecule is O=C(O)c1ccc(CN2CCC(Cc3nc(C4CCC4)no3)CC2)cc1Cl. The van der Waals surface area contributed by atoms with Crippen molar-refractivity contribution in [2.24, 2.45) is 5.92 Å². The smallest absolute Gasteiger partial charge is 0.337 e. The molecule has 1 N–H and O–H groups in total. The largest absolute Gasteiger partial charge is 0.478 e. The summed E-state index contributed by atoms with van der Waals surface area (Å²) in [6, 6.07) is 5.20. The highest BCUT2D eigenvalue weighted by Crippen LogP contribution is 2.34. The van der Waals surface area contributed by atoms with E-state index in [2.05, 4.69) is 15.0 Å². The van der Waals surface area contributed by atoms with Crippen LogP contribution in [0.5, 0.6) is 0 Å². The zero-order chi connectivity index (χ0) is 18.8. The summed E-state index contributed by atoms with van der Waals surface area (Å²) < 4.78 is 5.45. The average molecular weight is 390 g/mol. The molecule has 0 radical (unpaired) electrons. The van der Waals surface area contributed by atoms with Crippen molar-refractivity contribution in [2.45, 2.75) is 51.0 Å². The van der Waals surface area contributed by atoms with Crippen LogP contribution in [0, 0.1) is 5.92 Å². The number of hydrogen-bond donors (Lipinski definition) is 1. The van der Waals surface area contributed by atoms with Crippen LogP contribution in [0.1, 0.15) is 65.7 Å². The summed E-state index contributed by atoms with van der Waals surface area (Å²) in [5, 5.41) is 13.5. The summed E-state index contributed by atoms with van der Waals surface area (Å²) in [6.45, 7) is 2.80. The van der Waals surface area contributed by atoms with E-state index in [4.69, 9.17) is 21.2 Å². The first-order chi connectivity index (χ1) is 13.1. The molecule has 1 aromatic heterocycles. The molecular formula is C20H24ClN3O3. The second-order valence-corrected chi connectivity index (χ2v) is 8.12. The molecule has 4 rings (SSSR count). The minimum atomic E-state index is -0.992. The van der Waals surface area contributed by atoms with Gasteiger partial charge in [0.15, 0.2) is 5.82 Å². The fourth-order valence-corrected chi connectivity index (χ4v) is 4.15. The standard InChI is InChI=1S/C20H24ClN3O3/c21-17-10-14(4-5-16(17)20(25)26)12-24-8-6-13(7-9-24)11-18-22-19(23-27-18)15-2-1-3-15/h4-5,10,13,15H,1-3,6-9,11-12H2,(H,25,26). The van der Waals surface area contributed by atoms with Gasteiger partial charge in [-0.1, -0.05) is 29.2 Å². The Kier molecular flexibility index (Phi) is 5.45. The number of carboxylic acids is 1. The Balaban J connectivity index is 1.27. The van der Waals surface area contributed by atoms with Crippen LogP contribution >= 0.6 is 11.6 Å². The number of aromatic nitrogens is 2. The van der Waals surface area contributed by atoms with Gasteiger partial charge in [-0.15, -0.1) is 0 Å². The molecule has 6 nitrogen and oxygen atoms in total. The third-order valence-electron chi connectivity index (χ3n) is 5.79. The predicted octanol–water partition coefficient (Wildman–Crippen LogP) is 4.14. The van der Waals surface area contributed by atoms with Crippen LogP contribution in [-0.4, -0.2) is 39.2 Å². The molecule has 7 heteroatoms. The van der Waals surface area contributed by atoms with E-state index in [1.807, 2.05) is 6.07 Å². The molecule has 1 aromatic carbocycles. The lowest BCUT2D eigenvalue weighted by Crippen LogP contribution is -2.33. The molecule has 2 aromatic rings. The van der Waals surface area contributed by atoms with E-state index in [9.17, 15) is 4.79 Å². The first kappa shape index (κ1) is 18.4. The Morgan fingerprint density at radius 2 is 2.04 bits per heavy atom. The van der Waals surface area contributed by atoms with Crippen molar-refractivity contribution in [1.29, 1.82) is 0 Å². The Bertz CT molecular complexity index is 811. The summed E-state index contributed by atoms with van der Waals surface area (Å²) in [5.41, 5.74) is 1.20. The maximum absolute atomic E-state index is 11.1. The number of rotatable bonds is 6. The van der Waals surface area contributed by atoms with Gasteiger partial charge in [-0.3, -0.25) is 4.90 Å². The molecule has 144 valence electrons. The zero-order valence-corrected chi connectivity index (χ0v) is 16.0. The lowest BCUT2D eigenvalue weighted by Gasteiger charge is -2.31. The number of nitrogens with zero attached hydrogens (tertiary/aromatic N) is 3. The molecule has 2 aliphatic rings. The van der Waals surface area contributed by atoms with Crippen LogP contribution in [0.4, 0.5) is 0 Å². The summed E-state index contributed by atoms with van der Waals surface area (Å²) in [7, 11) is 0. The molecule has 1 aliphatic carbocycles. The topological polar surface area (TPSA) is 79.5 Å². The monoisotopic (exact) mass is 389 g/mol. The second kappa shape index (κ2) is 7.98.